The Bertz CT molecular complexity index is 966. The molecule has 0 radical (unpaired) electrons. The van der Waals surface area contributed by atoms with Gasteiger partial charge in [-0.1, -0.05) is 6.07 Å². The number of furan rings is 1. The van der Waals surface area contributed by atoms with E-state index in [2.05, 4.69) is 20.6 Å². The molecule has 1 aromatic carbocycles. The Morgan fingerprint density at radius 2 is 2.10 bits per heavy atom. The molecule has 0 amide bonds. The minimum absolute atomic E-state index is 0. The lowest BCUT2D eigenvalue weighted by atomic mass is 10.0. The lowest BCUT2D eigenvalue weighted by Crippen LogP contribution is -2.44. The fraction of sp³-hybridized carbons (Fsp3) is 0.273. The third kappa shape index (κ3) is 7.21. The molecule has 0 saturated carbocycles. The molecule has 31 heavy (non-hydrogen) atoms. The molecular formula is C22H26FIN4O3. The quantitative estimate of drug-likeness (QED) is 0.226. The van der Waals surface area contributed by atoms with Crippen LogP contribution in [0.3, 0.4) is 0 Å². The van der Waals surface area contributed by atoms with Gasteiger partial charge in [-0.2, -0.15) is 0 Å². The van der Waals surface area contributed by atoms with Gasteiger partial charge in [0.15, 0.2) is 17.5 Å². The van der Waals surface area contributed by atoms with Gasteiger partial charge in [0.1, 0.15) is 17.1 Å². The van der Waals surface area contributed by atoms with Gasteiger partial charge in [0.2, 0.25) is 0 Å². The summed E-state index contributed by atoms with van der Waals surface area (Å²) in [6, 6.07) is 11.6. The summed E-state index contributed by atoms with van der Waals surface area (Å²) in [5, 5.41) is 16.7. The topological polar surface area (TPSA) is 91.9 Å². The summed E-state index contributed by atoms with van der Waals surface area (Å²) in [7, 11) is 0. The normalized spacial score (nSPS) is 13.1. The molecule has 9 heteroatoms. The number of rotatable bonds is 8. The van der Waals surface area contributed by atoms with Crippen molar-refractivity contribution in [3.05, 3.63) is 78.3 Å². The predicted molar refractivity (Wildman–Crippen MR) is 127 cm³/mol. The number of hydrogen-bond acceptors (Lipinski definition) is 5. The van der Waals surface area contributed by atoms with Gasteiger partial charge in [0.25, 0.3) is 0 Å². The smallest absolute Gasteiger partial charge is 0.191 e. The number of halogens is 2. The first-order chi connectivity index (χ1) is 14.5. The lowest BCUT2D eigenvalue weighted by Gasteiger charge is -2.22. The van der Waals surface area contributed by atoms with Gasteiger partial charge in [-0.25, -0.2) is 9.38 Å². The Kier molecular flexibility index (Phi) is 9.25. The Labute approximate surface area is 197 Å². The molecule has 0 spiro atoms. The maximum absolute atomic E-state index is 14.4. The van der Waals surface area contributed by atoms with E-state index in [1.54, 1.807) is 49.5 Å². The molecule has 2 heterocycles. The molecule has 0 saturated heterocycles. The summed E-state index contributed by atoms with van der Waals surface area (Å²) in [6.07, 6.45) is 4.65. The zero-order chi connectivity index (χ0) is 21.4. The second-order valence-corrected chi connectivity index (χ2v) is 6.86. The maximum Gasteiger partial charge on any atom is 0.191 e. The molecule has 0 aliphatic heterocycles. The number of guanidine groups is 1. The van der Waals surface area contributed by atoms with Crippen LogP contribution in [0.5, 0.6) is 11.5 Å². The fourth-order valence-electron chi connectivity index (χ4n) is 2.70. The van der Waals surface area contributed by atoms with Crippen molar-refractivity contribution in [2.24, 2.45) is 4.99 Å². The zero-order valence-corrected chi connectivity index (χ0v) is 19.7. The van der Waals surface area contributed by atoms with Crippen LogP contribution in [-0.2, 0) is 12.1 Å². The van der Waals surface area contributed by atoms with Crippen molar-refractivity contribution >= 4 is 29.9 Å². The van der Waals surface area contributed by atoms with Crippen molar-refractivity contribution in [1.82, 2.24) is 15.6 Å². The molecule has 166 valence electrons. The third-order valence-electron chi connectivity index (χ3n) is 4.27. The zero-order valence-electron chi connectivity index (χ0n) is 17.3. The Hall–Kier alpha value is -2.66. The average molecular weight is 540 g/mol. The van der Waals surface area contributed by atoms with E-state index in [1.807, 2.05) is 6.92 Å². The molecule has 3 N–H and O–H groups in total. The number of pyridine rings is 1. The van der Waals surface area contributed by atoms with E-state index in [-0.39, 0.29) is 42.8 Å². The van der Waals surface area contributed by atoms with Gasteiger partial charge in [0.05, 0.1) is 25.5 Å². The summed E-state index contributed by atoms with van der Waals surface area (Å²) < 4.78 is 25.2. The number of aliphatic hydroxyl groups is 1. The number of hydrogen-bond donors (Lipinski definition) is 3. The highest BCUT2D eigenvalue weighted by Gasteiger charge is 2.26. The second-order valence-electron chi connectivity index (χ2n) is 6.86. The van der Waals surface area contributed by atoms with Crippen molar-refractivity contribution in [3.8, 4) is 11.5 Å². The van der Waals surface area contributed by atoms with Gasteiger partial charge in [0, 0.05) is 12.7 Å². The monoisotopic (exact) mass is 540 g/mol. The second kappa shape index (κ2) is 11.7. The van der Waals surface area contributed by atoms with Crippen LogP contribution < -0.4 is 15.4 Å². The summed E-state index contributed by atoms with van der Waals surface area (Å²) >= 11 is 0. The number of aliphatic imine (C=N–C) groups is 1. The molecule has 0 aliphatic rings. The molecule has 2 aromatic heterocycles. The SMILES string of the molecule is CCNC(=NCc1ccc(Oc2cccnc2)c(F)c1)NCC(C)(O)c1ccco1.I. The minimum Gasteiger partial charge on any atom is -0.466 e. The highest BCUT2D eigenvalue weighted by molar-refractivity contribution is 14.0. The molecule has 0 fully saturated rings. The Morgan fingerprint density at radius 3 is 2.74 bits per heavy atom. The molecular weight excluding hydrogens is 514 g/mol. The van der Waals surface area contributed by atoms with E-state index in [0.717, 1.165) is 0 Å². The van der Waals surface area contributed by atoms with Crippen LogP contribution in [-0.4, -0.2) is 29.1 Å². The van der Waals surface area contributed by atoms with Crippen LogP contribution in [0.25, 0.3) is 0 Å². The number of nitrogens with zero attached hydrogens (tertiary/aromatic N) is 2. The van der Waals surface area contributed by atoms with E-state index in [0.29, 0.717) is 29.6 Å². The van der Waals surface area contributed by atoms with E-state index in [1.165, 1.54) is 18.5 Å². The van der Waals surface area contributed by atoms with Crippen LogP contribution >= 0.6 is 24.0 Å². The number of ether oxygens (including phenoxy) is 1. The average Bonchev–Trinajstić information content (AvgIpc) is 3.29. The van der Waals surface area contributed by atoms with Crippen LogP contribution in [0.4, 0.5) is 4.39 Å². The molecule has 0 bridgehead atoms. The Balaban J connectivity index is 0.00000341. The first kappa shape index (κ1) is 24.6. The van der Waals surface area contributed by atoms with E-state index in [4.69, 9.17) is 9.15 Å². The largest absolute Gasteiger partial charge is 0.466 e. The Morgan fingerprint density at radius 1 is 1.26 bits per heavy atom. The van der Waals surface area contributed by atoms with Crippen LogP contribution in [0.2, 0.25) is 0 Å². The summed E-state index contributed by atoms with van der Waals surface area (Å²) in [5.74, 6) is 1.06. The summed E-state index contributed by atoms with van der Waals surface area (Å²) in [5.41, 5.74) is -0.516. The van der Waals surface area contributed by atoms with Gasteiger partial charge in [-0.15, -0.1) is 24.0 Å². The van der Waals surface area contributed by atoms with Gasteiger partial charge in [-0.05, 0) is 55.8 Å². The maximum atomic E-state index is 14.4. The van der Waals surface area contributed by atoms with Gasteiger partial charge < -0.3 is 24.9 Å². The summed E-state index contributed by atoms with van der Waals surface area (Å²) in [6.45, 7) is 4.67. The standard InChI is InChI=1S/C22H25FN4O3.HI/c1-3-25-21(27-15-22(2,28)20-7-5-11-29-20)26-13-16-8-9-19(18(23)12-16)30-17-6-4-10-24-14-17;/h4-12,14,28H,3,13,15H2,1-2H3,(H2,25,26,27);1H. The van der Waals surface area contributed by atoms with Crippen LogP contribution in [0, 0.1) is 5.82 Å². The first-order valence-corrected chi connectivity index (χ1v) is 9.63. The molecule has 1 unspecified atom stereocenters. The van der Waals surface area contributed by atoms with E-state index in [9.17, 15) is 9.50 Å². The minimum atomic E-state index is -1.20. The van der Waals surface area contributed by atoms with Crippen molar-refractivity contribution < 1.29 is 18.7 Å². The lowest BCUT2D eigenvalue weighted by molar-refractivity contribution is 0.0386. The fourth-order valence-corrected chi connectivity index (χ4v) is 2.70. The molecule has 0 aliphatic carbocycles. The van der Waals surface area contributed by atoms with Gasteiger partial charge >= 0.3 is 0 Å². The summed E-state index contributed by atoms with van der Waals surface area (Å²) in [4.78, 5) is 8.40. The van der Waals surface area contributed by atoms with Crippen LogP contribution in [0.15, 0.2) is 70.5 Å². The third-order valence-corrected chi connectivity index (χ3v) is 4.27. The highest BCUT2D eigenvalue weighted by Crippen LogP contribution is 2.24. The number of nitrogens with one attached hydrogen (secondary N) is 2. The van der Waals surface area contributed by atoms with Crippen LogP contribution in [0.1, 0.15) is 25.2 Å². The van der Waals surface area contributed by atoms with Crippen molar-refractivity contribution in [3.63, 3.8) is 0 Å². The van der Waals surface area contributed by atoms with Crippen molar-refractivity contribution in [1.29, 1.82) is 0 Å². The first-order valence-electron chi connectivity index (χ1n) is 9.63. The molecule has 1 atom stereocenters. The molecule has 3 aromatic rings. The molecule has 7 nitrogen and oxygen atoms in total. The van der Waals surface area contributed by atoms with E-state index >= 15 is 0 Å². The van der Waals surface area contributed by atoms with Crippen molar-refractivity contribution in [2.45, 2.75) is 26.0 Å². The number of aromatic nitrogens is 1. The predicted octanol–water partition coefficient (Wildman–Crippen LogP) is 4.19. The van der Waals surface area contributed by atoms with Gasteiger partial charge in [-0.3, -0.25) is 4.98 Å². The van der Waals surface area contributed by atoms with E-state index < -0.39 is 11.4 Å². The van der Waals surface area contributed by atoms with Crippen molar-refractivity contribution in [2.75, 3.05) is 13.1 Å². The highest BCUT2D eigenvalue weighted by atomic mass is 127. The number of benzene rings is 1. The molecule has 3 rings (SSSR count).